The van der Waals surface area contributed by atoms with Gasteiger partial charge in [0.2, 0.25) is 0 Å². The molecule has 0 amide bonds. The first kappa shape index (κ1) is 14.8. The van der Waals surface area contributed by atoms with Gasteiger partial charge in [-0.25, -0.2) is 0 Å². The first-order valence-electron chi connectivity index (χ1n) is 5.17. The van der Waals surface area contributed by atoms with Gasteiger partial charge in [0.15, 0.2) is 0 Å². The van der Waals surface area contributed by atoms with E-state index in [1.165, 1.54) is 5.56 Å². The second kappa shape index (κ2) is 5.78. The molecule has 0 aromatic heterocycles. The fourth-order valence-corrected chi connectivity index (χ4v) is 1.57. The molecule has 1 rings (SSSR count). The third-order valence-electron chi connectivity index (χ3n) is 2.22. The summed E-state index contributed by atoms with van der Waals surface area (Å²) in [6.45, 7) is 6.66. The Hall–Kier alpha value is -1.18. The molecule has 0 bridgehead atoms. The molecule has 1 aromatic rings. The summed E-state index contributed by atoms with van der Waals surface area (Å²) in [5, 5.41) is 0. The molecule has 2 nitrogen and oxygen atoms in total. The number of ether oxygens (including phenoxy) is 2. The normalized spacial score (nSPS) is 10.6. The van der Waals surface area contributed by atoms with E-state index >= 15 is 0 Å². The molecular weight excluding hydrogens is 200 g/mol. The van der Waals surface area contributed by atoms with Gasteiger partial charge >= 0.3 is 0 Å². The minimum absolute atomic E-state index is 0. The average molecular weight is 224 g/mol. The van der Waals surface area contributed by atoms with Crippen LogP contribution >= 0.6 is 0 Å². The van der Waals surface area contributed by atoms with Gasteiger partial charge in [-0.2, -0.15) is 0 Å². The van der Waals surface area contributed by atoms with Crippen molar-refractivity contribution in [2.45, 2.75) is 34.6 Å². The molecule has 0 aliphatic heterocycles. The summed E-state index contributed by atoms with van der Waals surface area (Å²) in [5.74, 6) is 1.74. The smallest absolute Gasteiger partial charge is 0.125 e. The maximum absolute atomic E-state index is 5.35. The van der Waals surface area contributed by atoms with E-state index in [1.54, 1.807) is 14.2 Å². The Morgan fingerprint density at radius 3 is 2.12 bits per heavy atom. The molecule has 1 aromatic carbocycles. The van der Waals surface area contributed by atoms with Crippen LogP contribution in [0.25, 0.3) is 0 Å². The first-order chi connectivity index (χ1) is 6.96. The quantitative estimate of drug-likeness (QED) is 0.774. The number of rotatable bonds is 3. The van der Waals surface area contributed by atoms with Crippen molar-refractivity contribution in [2.75, 3.05) is 14.2 Å². The van der Waals surface area contributed by atoms with Gasteiger partial charge in [-0.05, 0) is 23.5 Å². The highest BCUT2D eigenvalue weighted by Gasteiger charge is 2.14. The fraction of sp³-hybridized carbons (Fsp3) is 0.571. The van der Waals surface area contributed by atoms with Crippen LogP contribution in [0, 0.1) is 5.41 Å². The van der Waals surface area contributed by atoms with Crippen molar-refractivity contribution in [1.29, 1.82) is 0 Å². The van der Waals surface area contributed by atoms with Crippen LogP contribution < -0.4 is 9.47 Å². The number of benzene rings is 1. The third-order valence-corrected chi connectivity index (χ3v) is 2.22. The van der Waals surface area contributed by atoms with Crippen molar-refractivity contribution >= 4 is 0 Å². The monoisotopic (exact) mass is 224 g/mol. The lowest BCUT2D eigenvalue weighted by molar-refractivity contribution is 0.371. The second-order valence-corrected chi connectivity index (χ2v) is 4.92. The van der Waals surface area contributed by atoms with E-state index in [0.29, 0.717) is 0 Å². The lowest BCUT2D eigenvalue weighted by atomic mass is 9.88. The summed E-state index contributed by atoms with van der Waals surface area (Å²) in [6.07, 6.45) is 1.00. The molecule has 0 radical (unpaired) electrons. The van der Waals surface area contributed by atoms with Crippen LogP contribution in [0.15, 0.2) is 18.2 Å². The van der Waals surface area contributed by atoms with Gasteiger partial charge in [0.05, 0.1) is 14.2 Å². The zero-order valence-electron chi connectivity index (χ0n) is 10.3. The van der Waals surface area contributed by atoms with Crippen molar-refractivity contribution in [3.63, 3.8) is 0 Å². The van der Waals surface area contributed by atoms with Crippen molar-refractivity contribution in [3.05, 3.63) is 23.8 Å². The molecule has 0 spiro atoms. The van der Waals surface area contributed by atoms with Crippen LogP contribution in [0.4, 0.5) is 0 Å². The Morgan fingerprint density at radius 1 is 1.06 bits per heavy atom. The van der Waals surface area contributed by atoms with E-state index in [4.69, 9.17) is 9.47 Å². The highest BCUT2D eigenvalue weighted by molar-refractivity contribution is 5.41. The number of hydrogen-bond acceptors (Lipinski definition) is 2. The van der Waals surface area contributed by atoms with E-state index in [2.05, 4.69) is 26.8 Å². The van der Waals surface area contributed by atoms with E-state index in [-0.39, 0.29) is 12.8 Å². The molecule has 0 saturated carbocycles. The predicted molar refractivity (Wildman–Crippen MR) is 69.4 cm³/mol. The molecule has 0 atom stereocenters. The summed E-state index contributed by atoms with van der Waals surface area (Å²) in [7, 11) is 3.36. The summed E-state index contributed by atoms with van der Waals surface area (Å²) in [6, 6.07) is 5.98. The van der Waals surface area contributed by atoms with Gasteiger partial charge in [0.25, 0.3) is 0 Å². The van der Waals surface area contributed by atoms with Gasteiger partial charge in [-0.1, -0.05) is 34.3 Å². The van der Waals surface area contributed by atoms with Crippen LogP contribution in [0.3, 0.4) is 0 Å². The van der Waals surface area contributed by atoms with Crippen molar-refractivity contribution in [2.24, 2.45) is 5.41 Å². The Morgan fingerprint density at radius 2 is 1.69 bits per heavy atom. The molecule has 0 aliphatic rings. The third kappa shape index (κ3) is 4.13. The van der Waals surface area contributed by atoms with Crippen LogP contribution in [0.2, 0.25) is 0 Å². The Balaban J connectivity index is 0.00000225. The molecule has 0 saturated heterocycles. The summed E-state index contributed by atoms with van der Waals surface area (Å²) >= 11 is 0. The molecule has 92 valence electrons. The minimum Gasteiger partial charge on any atom is -0.497 e. The van der Waals surface area contributed by atoms with Crippen molar-refractivity contribution in [1.82, 2.24) is 0 Å². The Labute approximate surface area is 99.6 Å². The van der Waals surface area contributed by atoms with Gasteiger partial charge in [-0.3, -0.25) is 0 Å². The zero-order chi connectivity index (χ0) is 11.5. The topological polar surface area (TPSA) is 18.5 Å². The van der Waals surface area contributed by atoms with Crippen LogP contribution in [-0.2, 0) is 6.42 Å². The maximum atomic E-state index is 5.35. The SMILES string of the molecule is C.COc1ccc(CC(C)(C)C)c(OC)c1. The number of methoxy groups -OCH3 is 2. The summed E-state index contributed by atoms with van der Waals surface area (Å²) in [5.41, 5.74) is 1.49. The first-order valence-corrected chi connectivity index (χ1v) is 5.17. The van der Waals surface area contributed by atoms with Gasteiger partial charge in [0, 0.05) is 6.07 Å². The standard InChI is InChI=1S/C13H20O2.CH4/c1-13(2,3)9-10-6-7-11(14-4)8-12(10)15-5;/h6-8H,9H2,1-5H3;1H4. The molecule has 2 heteroatoms. The van der Waals surface area contributed by atoms with Gasteiger partial charge < -0.3 is 9.47 Å². The second-order valence-electron chi connectivity index (χ2n) is 4.92. The molecule has 0 fully saturated rings. The largest absolute Gasteiger partial charge is 0.497 e. The predicted octanol–water partition coefficient (Wildman–Crippen LogP) is 3.93. The van der Waals surface area contributed by atoms with Gasteiger partial charge in [-0.15, -0.1) is 0 Å². The van der Waals surface area contributed by atoms with E-state index in [9.17, 15) is 0 Å². The lowest BCUT2D eigenvalue weighted by Crippen LogP contribution is -2.10. The molecule has 0 aliphatic carbocycles. The summed E-state index contributed by atoms with van der Waals surface area (Å²) < 4.78 is 10.5. The van der Waals surface area contributed by atoms with Gasteiger partial charge in [0.1, 0.15) is 11.5 Å². The summed E-state index contributed by atoms with van der Waals surface area (Å²) in [4.78, 5) is 0. The lowest BCUT2D eigenvalue weighted by Gasteiger charge is -2.20. The maximum Gasteiger partial charge on any atom is 0.125 e. The Bertz CT molecular complexity index is 324. The molecule has 0 N–H and O–H groups in total. The molecule has 0 unspecified atom stereocenters. The van der Waals surface area contributed by atoms with Crippen molar-refractivity contribution < 1.29 is 9.47 Å². The minimum atomic E-state index is 0. The molecule has 0 heterocycles. The molecular formula is C14H24O2. The highest BCUT2D eigenvalue weighted by Crippen LogP contribution is 2.30. The number of hydrogen-bond donors (Lipinski definition) is 0. The van der Waals surface area contributed by atoms with E-state index < -0.39 is 0 Å². The Kier molecular flexibility index (Phi) is 5.36. The highest BCUT2D eigenvalue weighted by atomic mass is 16.5. The van der Waals surface area contributed by atoms with Crippen molar-refractivity contribution in [3.8, 4) is 11.5 Å². The van der Waals surface area contributed by atoms with Crippen LogP contribution in [-0.4, -0.2) is 14.2 Å². The van der Waals surface area contributed by atoms with Crippen LogP contribution in [0.1, 0.15) is 33.8 Å². The van der Waals surface area contributed by atoms with E-state index in [0.717, 1.165) is 17.9 Å². The average Bonchev–Trinajstić information content (AvgIpc) is 2.16. The van der Waals surface area contributed by atoms with Crippen LogP contribution in [0.5, 0.6) is 11.5 Å². The van der Waals surface area contributed by atoms with E-state index in [1.807, 2.05) is 12.1 Å². The fourth-order valence-electron chi connectivity index (χ4n) is 1.57. The zero-order valence-corrected chi connectivity index (χ0v) is 10.3. The molecule has 16 heavy (non-hydrogen) atoms.